The Morgan fingerprint density at radius 2 is 1.87 bits per heavy atom. The molecule has 1 fully saturated rings. The van der Waals surface area contributed by atoms with Crippen molar-refractivity contribution in [1.29, 1.82) is 0 Å². The molecule has 1 atom stereocenters. The fourth-order valence-corrected chi connectivity index (χ4v) is 3.74. The van der Waals surface area contributed by atoms with Crippen LogP contribution in [0.4, 0.5) is 8.78 Å². The number of aromatic amines is 1. The number of halogens is 2. The van der Waals surface area contributed by atoms with Gasteiger partial charge in [0.2, 0.25) is 5.91 Å². The first-order valence-corrected chi connectivity index (χ1v) is 10.4. The van der Waals surface area contributed by atoms with Crippen LogP contribution in [-0.4, -0.2) is 15.9 Å². The number of hydrogen-bond acceptors (Lipinski definition) is 3. The number of carbonyl (C=O) groups is 1. The van der Waals surface area contributed by atoms with Gasteiger partial charge in [0.05, 0.1) is 18.2 Å². The second-order valence-corrected chi connectivity index (χ2v) is 7.93. The van der Waals surface area contributed by atoms with Crippen molar-refractivity contribution >= 4 is 5.91 Å². The van der Waals surface area contributed by atoms with Gasteiger partial charge in [-0.1, -0.05) is 30.7 Å². The minimum atomic E-state index is -0.509. The summed E-state index contributed by atoms with van der Waals surface area (Å²) in [6.07, 6.45) is 3.40. The molecule has 0 unspecified atom stereocenters. The Kier molecular flexibility index (Phi) is 6.21. The van der Waals surface area contributed by atoms with Crippen molar-refractivity contribution in [3.05, 3.63) is 99.2 Å². The third kappa shape index (κ3) is 5.42. The lowest BCUT2D eigenvalue weighted by molar-refractivity contribution is -0.121. The highest BCUT2D eigenvalue weighted by molar-refractivity contribution is 5.79. The lowest BCUT2D eigenvalue weighted by Gasteiger charge is -2.25. The fraction of sp³-hybridized carbons (Fsp3) is 0.292. The van der Waals surface area contributed by atoms with Gasteiger partial charge in [-0.25, -0.2) is 13.8 Å². The van der Waals surface area contributed by atoms with Crippen molar-refractivity contribution in [2.75, 3.05) is 0 Å². The highest BCUT2D eigenvalue weighted by Gasteiger charge is 2.23. The Morgan fingerprint density at radius 1 is 1.10 bits per heavy atom. The topological polar surface area (TPSA) is 74.8 Å². The monoisotopic (exact) mass is 423 g/mol. The summed E-state index contributed by atoms with van der Waals surface area (Å²) in [6, 6.07) is 12.6. The molecular weight excluding hydrogens is 400 g/mol. The molecule has 2 aromatic carbocycles. The van der Waals surface area contributed by atoms with E-state index >= 15 is 0 Å². The van der Waals surface area contributed by atoms with Crippen molar-refractivity contribution in [3.63, 3.8) is 0 Å². The molecule has 7 heteroatoms. The number of carbonyl (C=O) groups excluding carboxylic acids is 1. The minimum absolute atomic E-state index is 0.00554. The van der Waals surface area contributed by atoms with Crippen LogP contribution < -0.4 is 10.9 Å². The normalized spacial score (nSPS) is 14.6. The van der Waals surface area contributed by atoms with E-state index in [1.54, 1.807) is 24.3 Å². The largest absolute Gasteiger partial charge is 0.349 e. The van der Waals surface area contributed by atoms with Gasteiger partial charge < -0.3 is 10.3 Å². The summed E-state index contributed by atoms with van der Waals surface area (Å²) < 4.78 is 26.9. The summed E-state index contributed by atoms with van der Waals surface area (Å²) >= 11 is 0. The summed E-state index contributed by atoms with van der Waals surface area (Å²) in [5.74, 6) is -0.145. The molecule has 1 heterocycles. The number of nitrogens with zero attached hydrogens (tertiary/aromatic N) is 1. The van der Waals surface area contributed by atoms with Crippen molar-refractivity contribution in [3.8, 4) is 0 Å². The standard InChI is InChI=1S/C24H23F2N3O2/c25-18-9-7-16(8-10-18)21(28-22(30)12-15-3-1-6-19(26)11-15)13-20-14-23(31)29-24(27-20)17-4-2-5-17/h1,3,6-11,14,17,21H,2,4-5,12-13H2,(H,28,30)(H,27,29,31)/t21-/m0/s1. The van der Waals surface area contributed by atoms with Crippen molar-refractivity contribution in [2.45, 2.75) is 44.1 Å². The van der Waals surface area contributed by atoms with E-state index in [1.807, 2.05) is 0 Å². The molecule has 2 N–H and O–H groups in total. The maximum Gasteiger partial charge on any atom is 0.251 e. The van der Waals surface area contributed by atoms with Crippen LogP contribution in [0.15, 0.2) is 59.4 Å². The number of benzene rings is 2. The Hall–Kier alpha value is -3.35. The van der Waals surface area contributed by atoms with E-state index in [-0.39, 0.29) is 36.0 Å². The molecule has 3 aromatic rings. The summed E-state index contributed by atoms with van der Waals surface area (Å²) in [5, 5.41) is 2.93. The predicted octanol–water partition coefficient (Wildman–Crippen LogP) is 3.96. The van der Waals surface area contributed by atoms with Crippen LogP contribution in [0.25, 0.3) is 0 Å². The lowest BCUT2D eigenvalue weighted by Crippen LogP contribution is -2.32. The van der Waals surface area contributed by atoms with Crippen LogP contribution in [0, 0.1) is 11.6 Å². The van der Waals surface area contributed by atoms with E-state index in [2.05, 4.69) is 15.3 Å². The Bertz CT molecular complexity index is 1120. The first kappa shape index (κ1) is 20.9. The molecule has 1 aliphatic rings. The van der Waals surface area contributed by atoms with Gasteiger partial charge in [-0.3, -0.25) is 9.59 Å². The molecule has 0 spiro atoms. The molecule has 160 valence electrons. The maximum absolute atomic E-state index is 13.4. The lowest BCUT2D eigenvalue weighted by atomic mass is 9.85. The van der Waals surface area contributed by atoms with E-state index in [9.17, 15) is 18.4 Å². The summed E-state index contributed by atoms with van der Waals surface area (Å²) in [7, 11) is 0. The average molecular weight is 423 g/mol. The van der Waals surface area contributed by atoms with Gasteiger partial charge in [-0.2, -0.15) is 0 Å². The molecule has 5 nitrogen and oxygen atoms in total. The van der Waals surface area contributed by atoms with E-state index < -0.39 is 11.9 Å². The molecule has 0 radical (unpaired) electrons. The van der Waals surface area contributed by atoms with Gasteiger partial charge in [-0.05, 0) is 48.2 Å². The Morgan fingerprint density at radius 3 is 2.55 bits per heavy atom. The zero-order chi connectivity index (χ0) is 21.8. The first-order chi connectivity index (χ1) is 15.0. The van der Waals surface area contributed by atoms with Crippen molar-refractivity contribution in [2.24, 2.45) is 0 Å². The molecule has 31 heavy (non-hydrogen) atoms. The molecule has 1 saturated carbocycles. The summed E-state index contributed by atoms with van der Waals surface area (Å²) in [5.41, 5.74) is 1.58. The fourth-order valence-electron chi connectivity index (χ4n) is 3.74. The van der Waals surface area contributed by atoms with Crippen LogP contribution in [0.3, 0.4) is 0 Å². The summed E-state index contributed by atoms with van der Waals surface area (Å²) in [6.45, 7) is 0. The molecule has 0 aliphatic heterocycles. The number of rotatable bonds is 7. The molecule has 0 saturated heterocycles. The Balaban J connectivity index is 1.56. The van der Waals surface area contributed by atoms with Gasteiger partial charge in [0, 0.05) is 18.4 Å². The zero-order valence-corrected chi connectivity index (χ0v) is 16.9. The number of nitrogens with one attached hydrogen (secondary N) is 2. The molecule has 1 aromatic heterocycles. The predicted molar refractivity (Wildman–Crippen MR) is 113 cm³/mol. The molecular formula is C24H23F2N3O2. The zero-order valence-electron chi connectivity index (χ0n) is 16.9. The Labute approximate surface area is 178 Å². The minimum Gasteiger partial charge on any atom is -0.349 e. The van der Waals surface area contributed by atoms with Crippen LogP contribution in [0.2, 0.25) is 0 Å². The van der Waals surface area contributed by atoms with Crippen LogP contribution in [0.1, 0.15) is 53.9 Å². The van der Waals surface area contributed by atoms with Crippen LogP contribution in [-0.2, 0) is 17.6 Å². The van der Waals surface area contributed by atoms with Gasteiger partial charge in [0.15, 0.2) is 0 Å². The van der Waals surface area contributed by atoms with Gasteiger partial charge >= 0.3 is 0 Å². The van der Waals surface area contributed by atoms with Gasteiger partial charge in [-0.15, -0.1) is 0 Å². The van der Waals surface area contributed by atoms with Gasteiger partial charge in [0.25, 0.3) is 5.56 Å². The highest BCUT2D eigenvalue weighted by Crippen LogP contribution is 2.34. The highest BCUT2D eigenvalue weighted by atomic mass is 19.1. The van der Waals surface area contributed by atoms with Crippen molar-refractivity contribution in [1.82, 2.24) is 15.3 Å². The number of H-pyrrole nitrogens is 1. The maximum atomic E-state index is 13.4. The average Bonchev–Trinajstić information content (AvgIpc) is 2.66. The second-order valence-electron chi connectivity index (χ2n) is 7.93. The molecule has 4 rings (SSSR count). The third-order valence-corrected chi connectivity index (χ3v) is 5.58. The SMILES string of the molecule is O=C(Cc1cccc(F)c1)N[C@@H](Cc1cc(=O)[nH]c(C2CCC2)n1)c1ccc(F)cc1. The molecule has 0 bridgehead atoms. The number of aromatic nitrogens is 2. The molecule has 1 aliphatic carbocycles. The quantitative estimate of drug-likeness (QED) is 0.604. The van der Waals surface area contributed by atoms with Crippen LogP contribution in [0.5, 0.6) is 0 Å². The third-order valence-electron chi connectivity index (χ3n) is 5.58. The molecule has 1 amide bonds. The van der Waals surface area contributed by atoms with Gasteiger partial charge in [0.1, 0.15) is 17.5 Å². The van der Waals surface area contributed by atoms with E-state index in [0.29, 0.717) is 22.6 Å². The smallest absolute Gasteiger partial charge is 0.251 e. The second kappa shape index (κ2) is 9.20. The van der Waals surface area contributed by atoms with E-state index in [0.717, 1.165) is 19.3 Å². The van der Waals surface area contributed by atoms with E-state index in [1.165, 1.54) is 30.3 Å². The van der Waals surface area contributed by atoms with Crippen LogP contribution >= 0.6 is 0 Å². The van der Waals surface area contributed by atoms with Crippen molar-refractivity contribution < 1.29 is 13.6 Å². The first-order valence-electron chi connectivity index (χ1n) is 10.4. The number of hydrogen-bond donors (Lipinski definition) is 2. The number of amides is 1. The summed E-state index contributed by atoms with van der Waals surface area (Å²) in [4.78, 5) is 32.2. The van der Waals surface area contributed by atoms with E-state index in [4.69, 9.17) is 0 Å².